The van der Waals surface area contributed by atoms with Crippen molar-refractivity contribution >= 4 is 10.9 Å². The highest BCUT2D eigenvalue weighted by Crippen LogP contribution is 2.37. The van der Waals surface area contributed by atoms with Crippen LogP contribution in [0.15, 0.2) is 36.8 Å². The van der Waals surface area contributed by atoms with Crippen molar-refractivity contribution in [2.45, 2.75) is 0 Å². The number of aromatic nitrogens is 3. The molecule has 88 valence electrons. The second-order valence-electron chi connectivity index (χ2n) is 4.09. The molecule has 5 nitrogen and oxygen atoms in total. The summed E-state index contributed by atoms with van der Waals surface area (Å²) in [4.78, 5) is 4.21. The summed E-state index contributed by atoms with van der Waals surface area (Å²) < 4.78 is 10.7. The summed E-state index contributed by atoms with van der Waals surface area (Å²) in [6.45, 7) is 0.285. The summed E-state index contributed by atoms with van der Waals surface area (Å²) in [5.41, 5.74) is 2.99. The Morgan fingerprint density at radius 3 is 3.00 bits per heavy atom. The van der Waals surface area contributed by atoms with Gasteiger partial charge in [-0.3, -0.25) is 10.1 Å². The monoisotopic (exact) mass is 239 g/mol. The quantitative estimate of drug-likeness (QED) is 0.708. The predicted molar refractivity (Wildman–Crippen MR) is 65.4 cm³/mol. The van der Waals surface area contributed by atoms with Gasteiger partial charge in [-0.25, -0.2) is 0 Å². The SMILES string of the molecule is c1cc2c(cc1-c1cncc3[nH]ncc13)OCO2. The van der Waals surface area contributed by atoms with E-state index in [9.17, 15) is 0 Å². The first kappa shape index (κ1) is 9.47. The first-order chi connectivity index (χ1) is 8.92. The molecule has 0 fully saturated rings. The molecule has 0 radical (unpaired) electrons. The van der Waals surface area contributed by atoms with E-state index in [1.807, 2.05) is 24.4 Å². The van der Waals surface area contributed by atoms with Gasteiger partial charge in [-0.05, 0) is 17.7 Å². The highest BCUT2D eigenvalue weighted by atomic mass is 16.7. The van der Waals surface area contributed by atoms with Gasteiger partial charge in [-0.2, -0.15) is 5.10 Å². The lowest BCUT2D eigenvalue weighted by Crippen LogP contribution is -1.92. The van der Waals surface area contributed by atoms with Crippen LogP contribution >= 0.6 is 0 Å². The van der Waals surface area contributed by atoms with E-state index in [4.69, 9.17) is 9.47 Å². The van der Waals surface area contributed by atoms with Gasteiger partial charge in [0.1, 0.15) is 0 Å². The molecule has 0 spiro atoms. The third-order valence-electron chi connectivity index (χ3n) is 3.05. The first-order valence-electron chi connectivity index (χ1n) is 5.59. The van der Waals surface area contributed by atoms with Crippen molar-refractivity contribution in [1.82, 2.24) is 15.2 Å². The van der Waals surface area contributed by atoms with Crippen LogP contribution in [-0.4, -0.2) is 22.0 Å². The topological polar surface area (TPSA) is 60.0 Å². The molecule has 0 saturated heterocycles. The van der Waals surface area contributed by atoms with Crippen LogP contribution in [0, 0.1) is 0 Å². The maximum atomic E-state index is 5.39. The first-order valence-corrected chi connectivity index (χ1v) is 5.59. The summed E-state index contributed by atoms with van der Waals surface area (Å²) in [6, 6.07) is 5.87. The Morgan fingerprint density at radius 1 is 1.06 bits per heavy atom. The molecule has 2 aromatic heterocycles. The van der Waals surface area contributed by atoms with E-state index in [1.54, 1.807) is 12.4 Å². The molecule has 0 atom stereocenters. The Balaban J connectivity index is 1.94. The molecule has 1 aliphatic rings. The molecule has 0 aliphatic carbocycles. The number of hydrogen-bond acceptors (Lipinski definition) is 4. The molecule has 1 aromatic carbocycles. The molecule has 1 N–H and O–H groups in total. The van der Waals surface area contributed by atoms with Gasteiger partial charge < -0.3 is 9.47 Å². The van der Waals surface area contributed by atoms with Gasteiger partial charge in [-0.1, -0.05) is 6.07 Å². The van der Waals surface area contributed by atoms with Crippen molar-refractivity contribution in [3.63, 3.8) is 0 Å². The van der Waals surface area contributed by atoms with Gasteiger partial charge in [0.2, 0.25) is 6.79 Å². The Labute approximate surface area is 102 Å². The van der Waals surface area contributed by atoms with E-state index in [2.05, 4.69) is 15.2 Å². The van der Waals surface area contributed by atoms with Crippen LogP contribution in [0.4, 0.5) is 0 Å². The number of pyridine rings is 1. The van der Waals surface area contributed by atoms with E-state index >= 15 is 0 Å². The highest BCUT2D eigenvalue weighted by molar-refractivity contribution is 5.93. The third-order valence-corrected chi connectivity index (χ3v) is 3.05. The van der Waals surface area contributed by atoms with Gasteiger partial charge in [0.05, 0.1) is 17.9 Å². The van der Waals surface area contributed by atoms with Crippen molar-refractivity contribution < 1.29 is 9.47 Å². The summed E-state index contributed by atoms with van der Waals surface area (Å²) in [5, 5.41) is 8.00. The van der Waals surface area contributed by atoms with Crippen LogP contribution in [0.2, 0.25) is 0 Å². The number of nitrogens with one attached hydrogen (secondary N) is 1. The lowest BCUT2D eigenvalue weighted by molar-refractivity contribution is 0.174. The van der Waals surface area contributed by atoms with Crippen LogP contribution in [0.5, 0.6) is 11.5 Å². The van der Waals surface area contributed by atoms with Crippen LogP contribution < -0.4 is 9.47 Å². The fourth-order valence-electron chi connectivity index (χ4n) is 2.16. The van der Waals surface area contributed by atoms with Crippen molar-refractivity contribution in [2.75, 3.05) is 6.79 Å². The number of benzene rings is 1. The summed E-state index contributed by atoms with van der Waals surface area (Å²) in [6.07, 6.45) is 5.39. The summed E-state index contributed by atoms with van der Waals surface area (Å²) in [5.74, 6) is 1.55. The average Bonchev–Trinajstić information content (AvgIpc) is 3.05. The molecule has 0 bridgehead atoms. The number of fused-ring (bicyclic) bond motifs is 2. The predicted octanol–water partition coefficient (Wildman–Crippen LogP) is 2.35. The van der Waals surface area contributed by atoms with E-state index in [0.717, 1.165) is 33.5 Å². The number of ether oxygens (including phenoxy) is 2. The standard InChI is InChI=1S/C13H9N3O2/c1-2-12-13(18-7-17-12)3-8(1)9-4-14-6-11-10(9)5-15-16-11/h1-6H,7H2,(H,15,16). The second-order valence-corrected chi connectivity index (χ2v) is 4.09. The molecular weight excluding hydrogens is 230 g/mol. The van der Waals surface area contributed by atoms with Gasteiger partial charge in [0.15, 0.2) is 11.5 Å². The number of aromatic amines is 1. The zero-order chi connectivity index (χ0) is 11.9. The molecule has 3 aromatic rings. The summed E-state index contributed by atoms with van der Waals surface area (Å²) in [7, 11) is 0. The third kappa shape index (κ3) is 1.27. The normalized spacial score (nSPS) is 13.1. The lowest BCUT2D eigenvalue weighted by Gasteiger charge is -2.04. The fraction of sp³-hybridized carbons (Fsp3) is 0.0769. The highest BCUT2D eigenvalue weighted by Gasteiger charge is 2.15. The maximum Gasteiger partial charge on any atom is 0.231 e. The zero-order valence-electron chi connectivity index (χ0n) is 9.38. The van der Waals surface area contributed by atoms with Gasteiger partial charge in [0.25, 0.3) is 0 Å². The molecule has 18 heavy (non-hydrogen) atoms. The van der Waals surface area contributed by atoms with Crippen molar-refractivity contribution in [3.8, 4) is 22.6 Å². The number of H-pyrrole nitrogens is 1. The van der Waals surface area contributed by atoms with Crippen molar-refractivity contribution in [1.29, 1.82) is 0 Å². The Hall–Kier alpha value is -2.56. The van der Waals surface area contributed by atoms with E-state index in [-0.39, 0.29) is 6.79 Å². The molecule has 4 rings (SSSR count). The molecule has 0 unspecified atom stereocenters. The van der Waals surface area contributed by atoms with E-state index < -0.39 is 0 Å². The number of rotatable bonds is 1. The van der Waals surface area contributed by atoms with E-state index in [1.165, 1.54) is 0 Å². The molecule has 1 aliphatic heterocycles. The molecule has 3 heterocycles. The molecule has 0 amide bonds. The number of nitrogens with zero attached hydrogens (tertiary/aromatic N) is 2. The minimum absolute atomic E-state index is 0.285. The smallest absolute Gasteiger partial charge is 0.231 e. The van der Waals surface area contributed by atoms with Crippen molar-refractivity contribution in [3.05, 3.63) is 36.8 Å². The Morgan fingerprint density at radius 2 is 2.00 bits per heavy atom. The summed E-state index contributed by atoms with van der Waals surface area (Å²) >= 11 is 0. The van der Waals surface area contributed by atoms with Crippen LogP contribution in [0.3, 0.4) is 0 Å². The Bertz CT molecular complexity index is 736. The molecular formula is C13H9N3O2. The zero-order valence-corrected chi connectivity index (χ0v) is 9.38. The number of hydrogen-bond donors (Lipinski definition) is 1. The molecule has 0 saturated carbocycles. The molecule has 5 heteroatoms. The van der Waals surface area contributed by atoms with Crippen LogP contribution in [0.25, 0.3) is 22.0 Å². The van der Waals surface area contributed by atoms with Crippen LogP contribution in [0.1, 0.15) is 0 Å². The second kappa shape index (κ2) is 3.46. The minimum Gasteiger partial charge on any atom is -0.454 e. The minimum atomic E-state index is 0.285. The lowest BCUT2D eigenvalue weighted by atomic mass is 10.0. The average molecular weight is 239 g/mol. The van der Waals surface area contributed by atoms with Gasteiger partial charge >= 0.3 is 0 Å². The van der Waals surface area contributed by atoms with Crippen molar-refractivity contribution in [2.24, 2.45) is 0 Å². The maximum absolute atomic E-state index is 5.39. The van der Waals surface area contributed by atoms with Gasteiger partial charge in [0, 0.05) is 17.1 Å². The largest absolute Gasteiger partial charge is 0.454 e. The Kier molecular flexibility index (Phi) is 1.82. The fourth-order valence-corrected chi connectivity index (χ4v) is 2.16. The van der Waals surface area contributed by atoms with Gasteiger partial charge in [-0.15, -0.1) is 0 Å². The van der Waals surface area contributed by atoms with Crippen LogP contribution in [-0.2, 0) is 0 Å². The van der Waals surface area contributed by atoms with E-state index in [0.29, 0.717) is 0 Å².